The molecule has 0 unspecified atom stereocenters. The summed E-state index contributed by atoms with van der Waals surface area (Å²) in [4.78, 5) is 24.8. The zero-order chi connectivity index (χ0) is 17.6. The minimum atomic E-state index is -0.979. The van der Waals surface area contributed by atoms with Crippen LogP contribution in [-0.4, -0.2) is 41.3 Å². The maximum absolute atomic E-state index is 12.3. The van der Waals surface area contributed by atoms with Gasteiger partial charge < -0.3 is 9.84 Å². The number of ether oxygens (including phenoxy) is 1. The number of amides is 1. The Hall–Kier alpha value is -2.82. The number of nitrogens with zero attached hydrogens (tertiary/aromatic N) is 1. The highest BCUT2D eigenvalue weighted by Crippen LogP contribution is 2.44. The topological polar surface area (TPSA) is 66.8 Å². The third kappa shape index (κ3) is 2.47. The van der Waals surface area contributed by atoms with Gasteiger partial charge in [-0.15, -0.1) is 0 Å². The lowest BCUT2D eigenvalue weighted by atomic mass is 9.91. The van der Waals surface area contributed by atoms with Crippen LogP contribution in [0.15, 0.2) is 48.5 Å². The Labute approximate surface area is 145 Å². The smallest absolute Gasteiger partial charge is 0.410 e. The van der Waals surface area contributed by atoms with Gasteiger partial charge in [-0.1, -0.05) is 55.5 Å². The molecule has 1 aliphatic carbocycles. The molecule has 1 amide bonds. The fraction of sp³-hybridized carbons (Fsp3) is 0.300. The normalized spacial score (nSPS) is 21.2. The molecule has 0 spiro atoms. The first-order valence-electron chi connectivity index (χ1n) is 8.42. The van der Waals surface area contributed by atoms with Crippen molar-refractivity contribution >= 4 is 12.1 Å². The molecule has 4 rings (SSSR count). The number of carboxylic acids is 1. The van der Waals surface area contributed by atoms with Crippen LogP contribution < -0.4 is 0 Å². The van der Waals surface area contributed by atoms with Crippen LogP contribution in [-0.2, 0) is 9.53 Å². The van der Waals surface area contributed by atoms with Gasteiger partial charge in [0.05, 0.1) is 0 Å². The summed E-state index contributed by atoms with van der Waals surface area (Å²) in [6.45, 7) is 2.46. The molecule has 2 atom stereocenters. The number of hydrogen-bond acceptors (Lipinski definition) is 3. The molecule has 1 saturated heterocycles. The van der Waals surface area contributed by atoms with Crippen molar-refractivity contribution < 1.29 is 19.4 Å². The number of hydrogen-bond donors (Lipinski definition) is 1. The summed E-state index contributed by atoms with van der Waals surface area (Å²) in [5.74, 6) is -1.04. The second kappa shape index (κ2) is 5.92. The van der Waals surface area contributed by atoms with Crippen molar-refractivity contribution in [1.82, 2.24) is 4.90 Å². The Morgan fingerprint density at radius 1 is 1.08 bits per heavy atom. The highest BCUT2D eigenvalue weighted by Gasteiger charge is 2.45. The molecule has 5 heteroatoms. The lowest BCUT2D eigenvalue weighted by Gasteiger charge is -2.42. The third-order valence-corrected chi connectivity index (χ3v) is 5.18. The molecule has 25 heavy (non-hydrogen) atoms. The average Bonchev–Trinajstić information content (AvgIpc) is 2.91. The van der Waals surface area contributed by atoms with Crippen LogP contribution in [0.1, 0.15) is 24.0 Å². The van der Waals surface area contributed by atoms with E-state index >= 15 is 0 Å². The summed E-state index contributed by atoms with van der Waals surface area (Å²) in [6.07, 6.45) is -0.549. The number of likely N-dealkylation sites (tertiary alicyclic amines) is 1. The van der Waals surface area contributed by atoms with Gasteiger partial charge >= 0.3 is 12.1 Å². The van der Waals surface area contributed by atoms with Crippen LogP contribution in [0.25, 0.3) is 11.1 Å². The highest BCUT2D eigenvalue weighted by molar-refractivity contribution is 5.83. The van der Waals surface area contributed by atoms with E-state index in [0.717, 1.165) is 11.1 Å². The molecule has 2 aromatic carbocycles. The Morgan fingerprint density at radius 2 is 1.64 bits per heavy atom. The van der Waals surface area contributed by atoms with Gasteiger partial charge in [-0.05, 0) is 22.3 Å². The first-order chi connectivity index (χ1) is 12.1. The fourth-order valence-corrected chi connectivity index (χ4v) is 3.93. The number of carboxylic acid groups (broad SMARTS) is 1. The standard InChI is InChI=1S/C20H19NO4/c1-12-10-21(18(12)19(22)23)20(24)25-11-17-15-8-4-2-6-13(15)14-7-3-5-9-16(14)17/h2-9,12,17-18H,10-11H2,1H3,(H,22,23)/t12-,18+/m1/s1. The van der Waals surface area contributed by atoms with E-state index in [9.17, 15) is 14.7 Å². The molecule has 0 aromatic heterocycles. The Morgan fingerprint density at radius 3 is 2.16 bits per heavy atom. The molecule has 0 saturated carbocycles. The minimum Gasteiger partial charge on any atom is -0.480 e. The molecule has 5 nitrogen and oxygen atoms in total. The van der Waals surface area contributed by atoms with Crippen molar-refractivity contribution in [3.8, 4) is 11.1 Å². The number of aliphatic carboxylic acids is 1. The highest BCUT2D eigenvalue weighted by atomic mass is 16.6. The molecule has 128 valence electrons. The molecule has 0 bridgehead atoms. The van der Waals surface area contributed by atoms with Crippen molar-refractivity contribution in [1.29, 1.82) is 0 Å². The molecule has 2 aromatic rings. The predicted octanol–water partition coefficient (Wildman–Crippen LogP) is 3.34. The van der Waals surface area contributed by atoms with E-state index in [4.69, 9.17) is 4.74 Å². The SMILES string of the molecule is C[C@@H]1CN(C(=O)OCC2c3ccccc3-c3ccccc32)[C@@H]1C(=O)O. The number of benzene rings is 2. The van der Waals surface area contributed by atoms with Crippen molar-refractivity contribution in [2.75, 3.05) is 13.2 Å². The Balaban J connectivity index is 1.52. The molecule has 2 aliphatic rings. The molecule has 1 aliphatic heterocycles. The van der Waals surface area contributed by atoms with Crippen molar-refractivity contribution in [3.05, 3.63) is 59.7 Å². The van der Waals surface area contributed by atoms with Crippen molar-refractivity contribution in [3.63, 3.8) is 0 Å². The summed E-state index contributed by atoms with van der Waals surface area (Å²) in [5.41, 5.74) is 4.62. The van der Waals surface area contributed by atoms with Gasteiger partial charge in [0, 0.05) is 18.4 Å². The van der Waals surface area contributed by atoms with Crippen LogP contribution >= 0.6 is 0 Å². The Kier molecular flexibility index (Phi) is 3.71. The van der Waals surface area contributed by atoms with Gasteiger partial charge in [-0.25, -0.2) is 9.59 Å². The van der Waals surface area contributed by atoms with Gasteiger partial charge in [-0.3, -0.25) is 4.90 Å². The van der Waals surface area contributed by atoms with Crippen molar-refractivity contribution in [2.24, 2.45) is 5.92 Å². The quantitative estimate of drug-likeness (QED) is 0.933. The van der Waals surface area contributed by atoms with Crippen LogP contribution in [0.4, 0.5) is 4.79 Å². The predicted molar refractivity (Wildman–Crippen MR) is 92.4 cm³/mol. The monoisotopic (exact) mass is 337 g/mol. The maximum Gasteiger partial charge on any atom is 0.410 e. The summed E-state index contributed by atoms with van der Waals surface area (Å²) < 4.78 is 5.50. The van der Waals surface area contributed by atoms with Crippen LogP contribution in [0.5, 0.6) is 0 Å². The minimum absolute atomic E-state index is 0.0154. The maximum atomic E-state index is 12.3. The summed E-state index contributed by atoms with van der Waals surface area (Å²) in [5, 5.41) is 9.21. The Bertz CT molecular complexity index is 802. The second-order valence-electron chi connectivity index (χ2n) is 6.72. The number of carbonyl (C=O) groups is 2. The first kappa shape index (κ1) is 15.7. The molecular formula is C20H19NO4. The number of fused-ring (bicyclic) bond motifs is 3. The van der Waals surface area contributed by atoms with E-state index in [0.29, 0.717) is 6.54 Å². The average molecular weight is 337 g/mol. The number of carbonyl (C=O) groups excluding carboxylic acids is 1. The molecular weight excluding hydrogens is 318 g/mol. The van der Waals surface area contributed by atoms with Gasteiger partial charge in [0.25, 0.3) is 0 Å². The molecule has 1 fully saturated rings. The van der Waals surface area contributed by atoms with E-state index in [-0.39, 0.29) is 18.4 Å². The van der Waals surface area contributed by atoms with E-state index in [1.54, 1.807) is 0 Å². The van der Waals surface area contributed by atoms with Crippen LogP contribution in [0.2, 0.25) is 0 Å². The molecule has 1 heterocycles. The van der Waals surface area contributed by atoms with Crippen molar-refractivity contribution in [2.45, 2.75) is 18.9 Å². The van der Waals surface area contributed by atoms with E-state index in [1.165, 1.54) is 16.0 Å². The summed E-state index contributed by atoms with van der Waals surface area (Å²) >= 11 is 0. The number of rotatable bonds is 3. The second-order valence-corrected chi connectivity index (χ2v) is 6.72. The van der Waals surface area contributed by atoms with E-state index in [2.05, 4.69) is 24.3 Å². The van der Waals surface area contributed by atoms with E-state index < -0.39 is 18.1 Å². The van der Waals surface area contributed by atoms with Gasteiger partial charge in [0.15, 0.2) is 0 Å². The zero-order valence-electron chi connectivity index (χ0n) is 13.9. The van der Waals surface area contributed by atoms with Crippen LogP contribution in [0, 0.1) is 5.92 Å². The lowest BCUT2D eigenvalue weighted by Crippen LogP contribution is -2.61. The molecule has 0 radical (unpaired) electrons. The lowest BCUT2D eigenvalue weighted by molar-refractivity contribution is -0.150. The van der Waals surface area contributed by atoms with E-state index in [1.807, 2.05) is 31.2 Å². The zero-order valence-corrected chi connectivity index (χ0v) is 13.9. The summed E-state index contributed by atoms with van der Waals surface area (Å²) in [7, 11) is 0. The van der Waals surface area contributed by atoms with Gasteiger partial charge in [-0.2, -0.15) is 0 Å². The third-order valence-electron chi connectivity index (χ3n) is 5.18. The summed E-state index contributed by atoms with van der Waals surface area (Å²) in [6, 6.07) is 15.5. The fourth-order valence-electron chi connectivity index (χ4n) is 3.93. The molecule has 1 N–H and O–H groups in total. The largest absolute Gasteiger partial charge is 0.480 e. The first-order valence-corrected chi connectivity index (χ1v) is 8.42. The van der Waals surface area contributed by atoms with Gasteiger partial charge in [0.1, 0.15) is 12.6 Å². The van der Waals surface area contributed by atoms with Gasteiger partial charge in [0.2, 0.25) is 0 Å². The van der Waals surface area contributed by atoms with Crippen LogP contribution in [0.3, 0.4) is 0 Å².